The number of likely N-dealkylation sites (N-methyl/N-ethyl adjacent to an activating group) is 1. The number of anilines is 2. The second-order valence-electron chi connectivity index (χ2n) is 6.86. The highest BCUT2D eigenvalue weighted by atomic mass is 32.1. The van der Waals surface area contributed by atoms with E-state index in [4.69, 9.17) is 0 Å². The molecule has 0 aliphatic carbocycles. The molecule has 1 aromatic carbocycles. The van der Waals surface area contributed by atoms with E-state index in [0.717, 1.165) is 11.4 Å². The highest BCUT2D eigenvalue weighted by molar-refractivity contribution is 7.12. The van der Waals surface area contributed by atoms with E-state index in [2.05, 4.69) is 15.6 Å². The van der Waals surface area contributed by atoms with Gasteiger partial charge in [0.05, 0.1) is 16.6 Å². The number of amides is 2. The number of nitrogens with one attached hydrogen (secondary N) is 2. The average molecular weight is 409 g/mol. The van der Waals surface area contributed by atoms with Crippen LogP contribution in [0.2, 0.25) is 0 Å². The molecule has 3 aromatic rings. The first-order chi connectivity index (χ1) is 13.9. The van der Waals surface area contributed by atoms with Crippen molar-refractivity contribution in [1.82, 2.24) is 9.88 Å². The number of benzene rings is 1. The average Bonchev–Trinajstić information content (AvgIpc) is 3.24. The molecule has 1 unspecified atom stereocenters. The first-order valence-electron chi connectivity index (χ1n) is 9.31. The van der Waals surface area contributed by atoms with Crippen LogP contribution in [-0.4, -0.2) is 34.8 Å². The molecule has 0 fully saturated rings. The molecule has 1 atom stereocenters. The van der Waals surface area contributed by atoms with Crippen molar-refractivity contribution in [3.05, 3.63) is 76.2 Å². The molecule has 0 radical (unpaired) electrons. The van der Waals surface area contributed by atoms with E-state index in [1.54, 1.807) is 30.3 Å². The van der Waals surface area contributed by atoms with E-state index < -0.39 is 0 Å². The Balaban J connectivity index is 1.54. The van der Waals surface area contributed by atoms with E-state index in [9.17, 15) is 9.59 Å². The van der Waals surface area contributed by atoms with Gasteiger partial charge in [0.15, 0.2) is 0 Å². The molecule has 2 aromatic heterocycles. The molecule has 2 heterocycles. The zero-order chi connectivity index (χ0) is 20.8. The Morgan fingerprint density at radius 2 is 1.72 bits per heavy atom. The highest BCUT2D eigenvalue weighted by Crippen LogP contribution is 2.17. The lowest BCUT2D eigenvalue weighted by atomic mass is 10.2. The summed E-state index contributed by atoms with van der Waals surface area (Å²) >= 11 is 1.39. The summed E-state index contributed by atoms with van der Waals surface area (Å²) in [6, 6.07) is 16.3. The predicted molar refractivity (Wildman–Crippen MR) is 117 cm³/mol. The number of thiophene rings is 1. The second-order valence-corrected chi connectivity index (χ2v) is 7.81. The van der Waals surface area contributed by atoms with Crippen molar-refractivity contribution in [2.24, 2.45) is 0 Å². The summed E-state index contributed by atoms with van der Waals surface area (Å²) in [7, 11) is 1.90. The number of rotatable bonds is 7. The largest absolute Gasteiger partial charge is 0.325 e. The molecule has 29 heavy (non-hydrogen) atoms. The van der Waals surface area contributed by atoms with Crippen LogP contribution in [0.1, 0.15) is 28.0 Å². The van der Waals surface area contributed by atoms with Crippen molar-refractivity contribution < 1.29 is 9.59 Å². The topological polar surface area (TPSA) is 74.3 Å². The Labute approximate surface area is 174 Å². The lowest BCUT2D eigenvalue weighted by Gasteiger charge is -2.23. The van der Waals surface area contributed by atoms with Crippen LogP contribution in [-0.2, 0) is 11.3 Å². The fourth-order valence-electron chi connectivity index (χ4n) is 2.76. The molecule has 0 bridgehead atoms. The van der Waals surface area contributed by atoms with Gasteiger partial charge in [-0.25, -0.2) is 0 Å². The lowest BCUT2D eigenvalue weighted by Crippen LogP contribution is -2.39. The first-order valence-corrected chi connectivity index (χ1v) is 10.2. The first kappa shape index (κ1) is 20.7. The lowest BCUT2D eigenvalue weighted by molar-refractivity contribution is -0.120. The number of hydrogen-bond donors (Lipinski definition) is 2. The summed E-state index contributed by atoms with van der Waals surface area (Å²) in [5.74, 6) is -0.243. The smallest absolute Gasteiger partial charge is 0.265 e. The molecule has 0 aliphatic heterocycles. The molecule has 0 saturated heterocycles. The van der Waals surface area contributed by atoms with E-state index in [-0.39, 0.29) is 17.9 Å². The number of aromatic nitrogens is 1. The highest BCUT2D eigenvalue weighted by Gasteiger charge is 2.19. The van der Waals surface area contributed by atoms with Crippen molar-refractivity contribution in [3.63, 3.8) is 0 Å². The summed E-state index contributed by atoms with van der Waals surface area (Å²) in [4.78, 5) is 31.8. The van der Waals surface area contributed by atoms with E-state index in [0.29, 0.717) is 22.8 Å². The standard InChI is InChI=1S/C22H24N4O2S/c1-15-6-4-7-19(23-15)14-26(3)16(2)21(27)24-17-9-11-18(12-10-17)25-22(28)20-8-5-13-29-20/h4-13,16H,14H2,1-3H3,(H,24,27)(H,25,28). The third-order valence-corrected chi connectivity index (χ3v) is 5.42. The third kappa shape index (κ3) is 5.73. The molecule has 0 spiro atoms. The SMILES string of the molecule is Cc1cccc(CN(C)C(C)C(=O)Nc2ccc(NC(=O)c3cccs3)cc2)n1. The number of pyridine rings is 1. The van der Waals surface area contributed by atoms with E-state index in [1.807, 2.05) is 55.4 Å². The third-order valence-electron chi connectivity index (χ3n) is 4.55. The van der Waals surface area contributed by atoms with Crippen LogP contribution in [0, 0.1) is 6.92 Å². The molecule has 150 valence electrons. The summed E-state index contributed by atoms with van der Waals surface area (Å²) in [6.07, 6.45) is 0. The predicted octanol–water partition coefficient (Wildman–Crippen LogP) is 4.16. The van der Waals surface area contributed by atoms with E-state index >= 15 is 0 Å². The van der Waals surface area contributed by atoms with Gasteiger partial charge in [0.25, 0.3) is 5.91 Å². The van der Waals surface area contributed by atoms with Crippen molar-refractivity contribution in [1.29, 1.82) is 0 Å². The van der Waals surface area contributed by atoms with Crippen LogP contribution < -0.4 is 10.6 Å². The minimum absolute atomic E-state index is 0.101. The van der Waals surface area contributed by atoms with Gasteiger partial charge < -0.3 is 10.6 Å². The number of aryl methyl sites for hydroxylation is 1. The van der Waals surface area contributed by atoms with Crippen LogP contribution >= 0.6 is 11.3 Å². The summed E-state index contributed by atoms with van der Waals surface area (Å²) in [6.45, 7) is 4.40. The monoisotopic (exact) mass is 408 g/mol. The Morgan fingerprint density at radius 3 is 2.34 bits per heavy atom. The number of hydrogen-bond acceptors (Lipinski definition) is 5. The molecular weight excluding hydrogens is 384 g/mol. The molecule has 0 saturated carbocycles. The Hall–Kier alpha value is -3.03. The van der Waals surface area contributed by atoms with Gasteiger partial charge >= 0.3 is 0 Å². The quantitative estimate of drug-likeness (QED) is 0.616. The molecule has 0 aliphatic rings. The van der Waals surface area contributed by atoms with Crippen molar-refractivity contribution in [2.45, 2.75) is 26.4 Å². The van der Waals surface area contributed by atoms with Crippen LogP contribution in [0.25, 0.3) is 0 Å². The maximum atomic E-state index is 12.6. The van der Waals surface area contributed by atoms with E-state index in [1.165, 1.54) is 11.3 Å². The fourth-order valence-corrected chi connectivity index (χ4v) is 3.38. The Bertz CT molecular complexity index is 971. The molecule has 3 rings (SSSR count). The van der Waals surface area contributed by atoms with Crippen molar-refractivity contribution >= 4 is 34.5 Å². The van der Waals surface area contributed by atoms with Crippen LogP contribution in [0.4, 0.5) is 11.4 Å². The summed E-state index contributed by atoms with van der Waals surface area (Å²) in [5, 5.41) is 7.62. The van der Waals surface area contributed by atoms with Gasteiger partial charge in [-0.05, 0) is 68.7 Å². The van der Waals surface area contributed by atoms with Crippen molar-refractivity contribution in [2.75, 3.05) is 17.7 Å². The van der Waals surface area contributed by atoms with Gasteiger partial charge in [-0.2, -0.15) is 0 Å². The van der Waals surface area contributed by atoms with Crippen LogP contribution in [0.15, 0.2) is 60.0 Å². The normalized spacial score (nSPS) is 11.9. The minimum atomic E-state index is -0.324. The molecule has 7 heteroatoms. The number of carbonyl (C=O) groups is 2. The molecule has 6 nitrogen and oxygen atoms in total. The zero-order valence-corrected chi connectivity index (χ0v) is 17.5. The molecule has 2 N–H and O–H groups in total. The second kappa shape index (κ2) is 9.45. The summed E-state index contributed by atoms with van der Waals surface area (Å²) < 4.78 is 0. The van der Waals surface area contributed by atoms with Gasteiger partial charge in [0.2, 0.25) is 5.91 Å². The van der Waals surface area contributed by atoms with Crippen molar-refractivity contribution in [3.8, 4) is 0 Å². The number of nitrogens with zero attached hydrogens (tertiary/aromatic N) is 2. The Morgan fingerprint density at radius 1 is 1.03 bits per heavy atom. The number of carbonyl (C=O) groups excluding carboxylic acids is 2. The zero-order valence-electron chi connectivity index (χ0n) is 16.7. The van der Waals surface area contributed by atoms with Gasteiger partial charge in [0, 0.05) is 23.6 Å². The molecular formula is C22H24N4O2S. The summed E-state index contributed by atoms with van der Waals surface area (Å²) in [5.41, 5.74) is 3.24. The van der Waals surface area contributed by atoms with Gasteiger partial charge in [-0.1, -0.05) is 12.1 Å². The maximum absolute atomic E-state index is 12.6. The van der Waals surface area contributed by atoms with Gasteiger partial charge in [-0.15, -0.1) is 11.3 Å². The van der Waals surface area contributed by atoms with Gasteiger partial charge in [-0.3, -0.25) is 19.5 Å². The fraction of sp³-hybridized carbons (Fsp3) is 0.227. The molecule has 2 amide bonds. The minimum Gasteiger partial charge on any atom is -0.325 e. The van der Waals surface area contributed by atoms with Gasteiger partial charge in [0.1, 0.15) is 0 Å². The Kier molecular flexibility index (Phi) is 6.74. The van der Waals surface area contributed by atoms with Crippen LogP contribution in [0.3, 0.4) is 0 Å². The van der Waals surface area contributed by atoms with Crippen LogP contribution in [0.5, 0.6) is 0 Å². The maximum Gasteiger partial charge on any atom is 0.265 e.